The number of aliphatic hydroxyl groups excluding tert-OH is 2. The first kappa shape index (κ1) is 16.2. The molecular formula is C19H22N2O3. The van der Waals surface area contributed by atoms with Crippen molar-refractivity contribution in [3.63, 3.8) is 0 Å². The van der Waals surface area contributed by atoms with E-state index in [-0.39, 0.29) is 16.9 Å². The lowest BCUT2D eigenvalue weighted by Gasteiger charge is -2.06. The fourth-order valence-electron chi connectivity index (χ4n) is 3.30. The number of ketones is 1. The number of hydrogen-bond donors (Lipinski definition) is 2. The molecule has 0 aliphatic heterocycles. The van der Waals surface area contributed by atoms with Crippen LogP contribution >= 0.6 is 0 Å². The van der Waals surface area contributed by atoms with Gasteiger partial charge >= 0.3 is 0 Å². The molecule has 2 heterocycles. The molecule has 1 aliphatic carbocycles. The number of carbonyl (C=O) groups is 1. The Morgan fingerprint density at radius 3 is 1.54 bits per heavy atom. The van der Waals surface area contributed by atoms with Crippen LogP contribution in [-0.4, -0.2) is 25.1 Å². The van der Waals surface area contributed by atoms with Gasteiger partial charge in [-0.15, -0.1) is 0 Å². The van der Waals surface area contributed by atoms with Gasteiger partial charge in [-0.05, 0) is 39.8 Å². The van der Waals surface area contributed by atoms with Crippen LogP contribution in [0.1, 0.15) is 33.9 Å². The third kappa shape index (κ3) is 1.97. The molecule has 0 bridgehead atoms. The molecule has 0 unspecified atom stereocenters. The van der Waals surface area contributed by atoms with Crippen LogP contribution < -0.4 is 0 Å². The molecule has 1 aliphatic rings. The van der Waals surface area contributed by atoms with Gasteiger partial charge in [0, 0.05) is 48.0 Å². The zero-order chi connectivity index (χ0) is 17.9. The van der Waals surface area contributed by atoms with E-state index in [2.05, 4.69) is 0 Å². The Bertz CT molecular complexity index is 952. The van der Waals surface area contributed by atoms with Gasteiger partial charge in [-0.1, -0.05) is 0 Å². The van der Waals surface area contributed by atoms with E-state index in [9.17, 15) is 15.0 Å². The summed E-state index contributed by atoms with van der Waals surface area (Å²) in [6.45, 7) is 7.67. The van der Waals surface area contributed by atoms with E-state index in [4.69, 9.17) is 0 Å². The van der Waals surface area contributed by atoms with Crippen LogP contribution in [-0.2, 0) is 18.9 Å². The number of aryl methyl sites for hydroxylation is 2. The monoisotopic (exact) mass is 326 g/mol. The van der Waals surface area contributed by atoms with E-state index in [1.54, 1.807) is 0 Å². The third-order valence-corrected chi connectivity index (χ3v) is 5.24. The van der Waals surface area contributed by atoms with Gasteiger partial charge in [0.15, 0.2) is 5.76 Å². The summed E-state index contributed by atoms with van der Waals surface area (Å²) in [6.07, 6.45) is 0. The van der Waals surface area contributed by atoms with Crippen molar-refractivity contribution in [1.82, 2.24) is 9.13 Å². The summed E-state index contributed by atoms with van der Waals surface area (Å²) in [4.78, 5) is 12.6. The molecule has 2 aromatic heterocycles. The van der Waals surface area contributed by atoms with Crippen molar-refractivity contribution < 1.29 is 15.0 Å². The number of nitrogens with zero attached hydrogens (tertiary/aromatic N) is 2. The Morgan fingerprint density at radius 2 is 1.17 bits per heavy atom. The molecule has 0 spiro atoms. The maximum atomic E-state index is 12.6. The highest BCUT2D eigenvalue weighted by Gasteiger charge is 2.36. The molecule has 0 saturated heterocycles. The van der Waals surface area contributed by atoms with E-state index in [1.165, 1.54) is 0 Å². The number of hydrogen-bond acceptors (Lipinski definition) is 3. The van der Waals surface area contributed by atoms with Gasteiger partial charge in [0.1, 0.15) is 5.76 Å². The molecule has 5 heteroatoms. The van der Waals surface area contributed by atoms with Crippen molar-refractivity contribution in [1.29, 1.82) is 0 Å². The van der Waals surface area contributed by atoms with Crippen molar-refractivity contribution in [2.24, 2.45) is 14.1 Å². The standard InChI is InChI=1S/C19H22N2O3/c1-9-7-13(11(3)20(9)5)15-17(22)16(19(24)18(15)23)14-8-10(2)21(6)12(14)4/h7-8,22H,1-6H3,(H,23,24). The third-order valence-electron chi connectivity index (χ3n) is 5.24. The molecular weight excluding hydrogens is 304 g/mol. The Kier molecular flexibility index (Phi) is 3.48. The minimum absolute atomic E-state index is 0.153. The Hall–Kier alpha value is -2.69. The lowest BCUT2D eigenvalue weighted by molar-refractivity contribution is -0.112. The van der Waals surface area contributed by atoms with Crippen molar-refractivity contribution in [3.05, 3.63) is 57.6 Å². The van der Waals surface area contributed by atoms with Crippen LogP contribution in [0.2, 0.25) is 0 Å². The number of rotatable bonds is 2. The summed E-state index contributed by atoms with van der Waals surface area (Å²) in [6, 6.07) is 3.73. The highest BCUT2D eigenvalue weighted by molar-refractivity contribution is 6.36. The average molecular weight is 326 g/mol. The van der Waals surface area contributed by atoms with Crippen molar-refractivity contribution in [3.8, 4) is 0 Å². The van der Waals surface area contributed by atoms with Gasteiger partial charge in [-0.25, -0.2) is 0 Å². The summed E-state index contributed by atoms with van der Waals surface area (Å²) in [5.41, 5.74) is 5.45. The fraction of sp³-hybridized carbons (Fsp3) is 0.316. The van der Waals surface area contributed by atoms with Crippen molar-refractivity contribution in [2.45, 2.75) is 27.7 Å². The van der Waals surface area contributed by atoms with Crippen LogP contribution in [0.15, 0.2) is 23.7 Å². The number of carbonyl (C=O) groups excluding carboxylic acids is 1. The number of aromatic nitrogens is 2. The molecule has 3 rings (SSSR count). The van der Waals surface area contributed by atoms with Crippen LogP contribution in [0.4, 0.5) is 0 Å². The van der Waals surface area contributed by atoms with Gasteiger partial charge < -0.3 is 19.3 Å². The molecule has 0 amide bonds. The average Bonchev–Trinajstić information content (AvgIpc) is 3.02. The highest BCUT2D eigenvalue weighted by atomic mass is 16.3. The first-order valence-electron chi connectivity index (χ1n) is 7.84. The molecule has 2 N–H and O–H groups in total. The van der Waals surface area contributed by atoms with Gasteiger partial charge in [-0.3, -0.25) is 4.79 Å². The molecule has 126 valence electrons. The number of aliphatic hydroxyl groups is 2. The molecule has 0 fully saturated rings. The predicted molar refractivity (Wildman–Crippen MR) is 93.9 cm³/mol. The molecule has 5 nitrogen and oxygen atoms in total. The number of Topliss-reactive ketones (excluding diaryl/α,β-unsaturated/α-hetero) is 1. The second-order valence-corrected chi connectivity index (χ2v) is 6.46. The largest absolute Gasteiger partial charge is 0.506 e. The van der Waals surface area contributed by atoms with Crippen LogP contribution in [0.3, 0.4) is 0 Å². The SMILES string of the molecule is Cc1cc(C2=C(O)C(c3cc(C)n(C)c3C)=C(O)C2=O)c(C)n1C. The van der Waals surface area contributed by atoms with Gasteiger partial charge in [-0.2, -0.15) is 0 Å². The zero-order valence-corrected chi connectivity index (χ0v) is 14.9. The predicted octanol–water partition coefficient (Wildman–Crippen LogP) is 3.42. The molecule has 0 atom stereocenters. The van der Waals surface area contributed by atoms with Crippen LogP contribution in [0.5, 0.6) is 0 Å². The minimum atomic E-state index is -0.530. The molecule has 2 aromatic rings. The molecule has 0 saturated carbocycles. The summed E-state index contributed by atoms with van der Waals surface area (Å²) in [5.74, 6) is -1.07. The maximum absolute atomic E-state index is 12.6. The second-order valence-electron chi connectivity index (χ2n) is 6.46. The lowest BCUT2D eigenvalue weighted by Crippen LogP contribution is -2.03. The summed E-state index contributed by atoms with van der Waals surface area (Å²) >= 11 is 0. The smallest absolute Gasteiger partial charge is 0.232 e. The van der Waals surface area contributed by atoms with E-state index in [0.717, 1.165) is 22.8 Å². The molecule has 0 radical (unpaired) electrons. The van der Waals surface area contributed by atoms with E-state index < -0.39 is 11.5 Å². The normalized spacial score (nSPS) is 15.2. The summed E-state index contributed by atoms with van der Waals surface area (Å²) < 4.78 is 3.92. The second kappa shape index (κ2) is 5.16. The van der Waals surface area contributed by atoms with E-state index in [1.807, 2.05) is 63.1 Å². The van der Waals surface area contributed by atoms with Crippen LogP contribution in [0, 0.1) is 27.7 Å². The quantitative estimate of drug-likeness (QED) is 0.888. The molecule has 0 aromatic carbocycles. The Balaban J connectivity index is 2.25. The van der Waals surface area contributed by atoms with Crippen molar-refractivity contribution >= 4 is 16.9 Å². The van der Waals surface area contributed by atoms with Gasteiger partial charge in [0.05, 0.1) is 11.1 Å². The van der Waals surface area contributed by atoms with Gasteiger partial charge in [0.25, 0.3) is 0 Å². The zero-order valence-electron chi connectivity index (χ0n) is 14.9. The van der Waals surface area contributed by atoms with Crippen LogP contribution in [0.25, 0.3) is 11.1 Å². The summed E-state index contributed by atoms with van der Waals surface area (Å²) in [5, 5.41) is 21.2. The Morgan fingerprint density at radius 1 is 0.750 bits per heavy atom. The van der Waals surface area contributed by atoms with E-state index in [0.29, 0.717) is 11.1 Å². The lowest BCUT2D eigenvalue weighted by atomic mass is 10.0. The maximum Gasteiger partial charge on any atom is 0.232 e. The van der Waals surface area contributed by atoms with E-state index >= 15 is 0 Å². The minimum Gasteiger partial charge on any atom is -0.506 e. The van der Waals surface area contributed by atoms with Gasteiger partial charge in [0.2, 0.25) is 5.78 Å². The Labute approximate surface area is 141 Å². The van der Waals surface area contributed by atoms with Crippen molar-refractivity contribution in [2.75, 3.05) is 0 Å². The topological polar surface area (TPSA) is 67.4 Å². The highest BCUT2D eigenvalue weighted by Crippen LogP contribution is 2.41. The first-order chi connectivity index (χ1) is 11.2. The first-order valence-corrected chi connectivity index (χ1v) is 7.84. The molecule has 24 heavy (non-hydrogen) atoms. The number of allylic oxidation sites excluding steroid dienone is 2. The fourth-order valence-corrected chi connectivity index (χ4v) is 3.30. The summed E-state index contributed by atoms with van der Waals surface area (Å²) in [7, 11) is 3.82.